The molecule has 0 amide bonds. The molecule has 3 unspecified atom stereocenters. The van der Waals surface area contributed by atoms with Gasteiger partial charge in [0, 0.05) is 34.7 Å². The summed E-state index contributed by atoms with van der Waals surface area (Å²) in [5, 5.41) is 23.1. The molecule has 0 fully saturated rings. The average Bonchev–Trinajstić information content (AvgIpc) is 3.37. The molecule has 0 bridgehead atoms. The van der Waals surface area contributed by atoms with Crippen molar-refractivity contribution in [1.29, 1.82) is 0 Å². The lowest BCUT2D eigenvalue weighted by Gasteiger charge is -2.31. The van der Waals surface area contributed by atoms with E-state index in [-0.39, 0.29) is 30.9 Å². The number of nitrogens with zero attached hydrogens (tertiary/aromatic N) is 2. The van der Waals surface area contributed by atoms with Crippen molar-refractivity contribution >= 4 is 27.7 Å². The van der Waals surface area contributed by atoms with Crippen molar-refractivity contribution in [2.75, 3.05) is 20.3 Å². The lowest BCUT2D eigenvalue weighted by atomic mass is 9.87. The zero-order valence-corrected chi connectivity index (χ0v) is 26.1. The molecule has 4 aromatic rings. The molecule has 232 valence electrons. The molecule has 3 atom stereocenters. The number of aliphatic hydroxyl groups is 2. The molecule has 5 rings (SSSR count). The van der Waals surface area contributed by atoms with Gasteiger partial charge < -0.3 is 19.7 Å². The average molecular weight is 622 g/mol. The largest absolute Gasteiger partial charge is 0.494 e. The first-order valence-electron chi connectivity index (χ1n) is 14.2. The molecular formula is C33H36FN3O6S. The van der Waals surface area contributed by atoms with Gasteiger partial charge in [-0.05, 0) is 82.6 Å². The van der Waals surface area contributed by atoms with Gasteiger partial charge in [0.1, 0.15) is 40.5 Å². The molecule has 1 aliphatic heterocycles. The highest BCUT2D eigenvalue weighted by Crippen LogP contribution is 2.45. The number of ketones is 1. The van der Waals surface area contributed by atoms with Gasteiger partial charge in [-0.2, -0.15) is 0 Å². The third kappa shape index (κ3) is 6.10. The molecule has 0 spiro atoms. The molecule has 3 heterocycles. The minimum absolute atomic E-state index is 0.0134. The van der Waals surface area contributed by atoms with Crippen molar-refractivity contribution in [3.05, 3.63) is 83.4 Å². The third-order valence-corrected chi connectivity index (χ3v) is 9.47. The zero-order valence-electron chi connectivity index (χ0n) is 25.3. The van der Waals surface area contributed by atoms with Crippen molar-refractivity contribution in [3.63, 3.8) is 0 Å². The maximum absolute atomic E-state index is 13.8. The van der Waals surface area contributed by atoms with E-state index in [4.69, 9.17) is 14.5 Å². The Kier molecular flexibility index (Phi) is 8.60. The number of hydrogen-bond donors (Lipinski definition) is 3. The monoisotopic (exact) mass is 621 g/mol. The Morgan fingerprint density at radius 3 is 2.55 bits per heavy atom. The molecule has 1 aliphatic rings. The number of nitrogens with one attached hydrogen (secondary N) is 1. The fraction of sp³-hybridized carbons (Fsp3) is 0.364. The number of Topliss-reactive ketones (excluding diaryl/α,β-unsaturated/α-hetero) is 1. The lowest BCUT2D eigenvalue weighted by Crippen LogP contribution is -2.51. The summed E-state index contributed by atoms with van der Waals surface area (Å²) < 4.78 is 40.9. The molecule has 0 saturated heterocycles. The number of aliphatic hydroxyl groups excluding tert-OH is 1. The highest BCUT2D eigenvalue weighted by molar-refractivity contribution is 7.84. The quantitative estimate of drug-likeness (QED) is 0.212. The fourth-order valence-electron chi connectivity index (χ4n) is 5.07. The van der Waals surface area contributed by atoms with Gasteiger partial charge in [0.2, 0.25) is 0 Å². The number of fused-ring (bicyclic) bond motifs is 2. The minimum atomic E-state index is -1.60. The van der Waals surface area contributed by atoms with Crippen molar-refractivity contribution in [3.8, 4) is 22.8 Å². The number of halogens is 1. The van der Waals surface area contributed by atoms with E-state index in [0.717, 1.165) is 5.39 Å². The van der Waals surface area contributed by atoms with Gasteiger partial charge in [0.25, 0.3) is 0 Å². The Hall–Kier alpha value is -3.77. The molecule has 2 aromatic carbocycles. The summed E-state index contributed by atoms with van der Waals surface area (Å²) in [6.07, 6.45) is 1.66. The number of carbonyl (C=O) groups is 1. The van der Waals surface area contributed by atoms with Gasteiger partial charge in [-0.3, -0.25) is 9.78 Å². The van der Waals surface area contributed by atoms with Crippen LogP contribution >= 0.6 is 0 Å². The highest BCUT2D eigenvalue weighted by Gasteiger charge is 2.46. The van der Waals surface area contributed by atoms with Crippen LogP contribution in [0.15, 0.2) is 60.8 Å². The summed E-state index contributed by atoms with van der Waals surface area (Å²) in [6, 6.07) is 14.3. The summed E-state index contributed by atoms with van der Waals surface area (Å²) in [5.41, 5.74) is -0.265. The van der Waals surface area contributed by atoms with Crippen LogP contribution in [-0.4, -0.2) is 55.2 Å². The lowest BCUT2D eigenvalue weighted by molar-refractivity contribution is 0.0396. The van der Waals surface area contributed by atoms with Crippen molar-refractivity contribution in [1.82, 2.24) is 14.7 Å². The number of benzene rings is 2. The van der Waals surface area contributed by atoms with Gasteiger partial charge in [-0.25, -0.2) is 18.3 Å². The molecule has 0 saturated carbocycles. The first kappa shape index (κ1) is 31.6. The van der Waals surface area contributed by atoms with E-state index in [2.05, 4.69) is 9.71 Å². The van der Waals surface area contributed by atoms with Crippen molar-refractivity contribution in [2.45, 2.75) is 56.4 Å². The van der Waals surface area contributed by atoms with Crippen LogP contribution in [0.5, 0.6) is 11.5 Å². The number of hydrogen-bond acceptors (Lipinski definition) is 8. The van der Waals surface area contributed by atoms with E-state index in [1.54, 1.807) is 49.5 Å². The standard InChI is InChI=1S/C33H36FN3O6S/c1-31(2,3)44(41)37-33(18-38)19-43-30-24(33)17-27(36-29(30)20-8-10-23(34)11-9-20)32(4,40)13-12-25(39)22-15-21-7-6-14-35-28(21)26(16-22)42-5/h6-11,14-17,37-38,40H,12-13,18-19H2,1-5H3. The maximum Gasteiger partial charge on any atom is 0.163 e. The van der Waals surface area contributed by atoms with Gasteiger partial charge >= 0.3 is 0 Å². The molecule has 3 N–H and O–H groups in total. The summed E-state index contributed by atoms with van der Waals surface area (Å²) in [7, 11) is -0.0647. The first-order valence-corrected chi connectivity index (χ1v) is 15.4. The summed E-state index contributed by atoms with van der Waals surface area (Å²) in [6.45, 7) is 6.49. The Balaban J connectivity index is 1.52. The van der Waals surface area contributed by atoms with Crippen LogP contribution in [0.1, 0.15) is 62.2 Å². The summed E-state index contributed by atoms with van der Waals surface area (Å²) in [4.78, 5) is 22.4. The predicted octanol–water partition coefficient (Wildman–Crippen LogP) is 4.95. The summed E-state index contributed by atoms with van der Waals surface area (Å²) >= 11 is 0. The topological polar surface area (TPSA) is 131 Å². The number of rotatable bonds is 10. The molecular weight excluding hydrogens is 585 g/mol. The Labute approximate surface area is 258 Å². The Morgan fingerprint density at radius 2 is 1.89 bits per heavy atom. The van der Waals surface area contributed by atoms with E-state index in [1.165, 1.54) is 19.2 Å². The number of aromatic nitrogens is 2. The van der Waals surface area contributed by atoms with Crippen LogP contribution in [0, 0.1) is 5.82 Å². The maximum atomic E-state index is 13.8. The molecule has 44 heavy (non-hydrogen) atoms. The van der Waals surface area contributed by atoms with E-state index < -0.39 is 39.3 Å². The number of methoxy groups -OCH3 is 1. The first-order chi connectivity index (χ1) is 20.8. The minimum Gasteiger partial charge on any atom is -0.494 e. The second kappa shape index (κ2) is 12.0. The molecule has 2 aromatic heterocycles. The van der Waals surface area contributed by atoms with Crippen molar-refractivity contribution in [2.24, 2.45) is 0 Å². The number of carbonyl (C=O) groups excluding carboxylic acids is 1. The van der Waals surface area contributed by atoms with Crippen LogP contribution in [-0.2, 0) is 22.1 Å². The normalized spacial score (nSPS) is 18.4. The van der Waals surface area contributed by atoms with Crippen LogP contribution < -0.4 is 14.2 Å². The number of ether oxygens (including phenoxy) is 2. The van der Waals surface area contributed by atoms with E-state index in [0.29, 0.717) is 39.4 Å². The van der Waals surface area contributed by atoms with Crippen LogP contribution in [0.4, 0.5) is 4.39 Å². The molecule has 0 radical (unpaired) electrons. The number of pyridine rings is 2. The highest BCUT2D eigenvalue weighted by atomic mass is 32.2. The van der Waals surface area contributed by atoms with Gasteiger partial charge in [0.15, 0.2) is 11.5 Å². The molecule has 11 heteroatoms. The second-order valence-corrected chi connectivity index (χ2v) is 14.2. The van der Waals surface area contributed by atoms with Crippen LogP contribution in [0.2, 0.25) is 0 Å². The van der Waals surface area contributed by atoms with Crippen molar-refractivity contribution < 1.29 is 33.1 Å². The second-order valence-electron chi connectivity index (χ2n) is 12.2. The molecule has 0 aliphatic carbocycles. The fourth-order valence-corrected chi connectivity index (χ4v) is 5.96. The van der Waals surface area contributed by atoms with Gasteiger partial charge in [-0.15, -0.1) is 0 Å². The van der Waals surface area contributed by atoms with Gasteiger partial charge in [-0.1, -0.05) is 6.07 Å². The smallest absolute Gasteiger partial charge is 0.163 e. The van der Waals surface area contributed by atoms with Gasteiger partial charge in [0.05, 0.1) is 35.1 Å². The van der Waals surface area contributed by atoms with Crippen LogP contribution in [0.3, 0.4) is 0 Å². The summed E-state index contributed by atoms with van der Waals surface area (Å²) in [5.74, 6) is 0.171. The SMILES string of the molecule is COc1cc(C(=O)CCC(C)(O)c2cc3c(c(-c4ccc(F)cc4)n2)OCC3(CO)NS(=O)C(C)(C)C)cc2cccnc12. The Morgan fingerprint density at radius 1 is 1.16 bits per heavy atom. The molecule has 9 nitrogen and oxygen atoms in total. The van der Waals surface area contributed by atoms with E-state index in [1.807, 2.05) is 26.8 Å². The Bertz CT molecular complexity index is 1740. The zero-order chi connectivity index (χ0) is 31.9. The third-order valence-electron chi connectivity index (χ3n) is 7.79. The predicted molar refractivity (Wildman–Crippen MR) is 166 cm³/mol. The van der Waals surface area contributed by atoms with E-state index in [9.17, 15) is 23.6 Å². The van der Waals surface area contributed by atoms with Crippen LogP contribution in [0.25, 0.3) is 22.2 Å². The van der Waals surface area contributed by atoms with E-state index >= 15 is 0 Å².